The molecule has 0 spiro atoms. The molecule has 0 radical (unpaired) electrons. The number of ether oxygens (including phenoxy) is 1. The van der Waals surface area contributed by atoms with Crippen LogP contribution in [0.5, 0.6) is 0 Å². The molecule has 5 heteroatoms. The van der Waals surface area contributed by atoms with Gasteiger partial charge < -0.3 is 10.1 Å². The van der Waals surface area contributed by atoms with Gasteiger partial charge in [0.25, 0.3) is 0 Å². The van der Waals surface area contributed by atoms with Crippen molar-refractivity contribution < 1.29 is 4.74 Å². The fourth-order valence-corrected chi connectivity index (χ4v) is 2.88. The summed E-state index contributed by atoms with van der Waals surface area (Å²) < 4.78 is 5.58. The molecular formula is C15H16Cl2N2O. The number of nitrogens with one attached hydrogen (secondary N) is 1. The predicted molar refractivity (Wildman–Crippen MR) is 83.9 cm³/mol. The van der Waals surface area contributed by atoms with Crippen molar-refractivity contribution in [1.29, 1.82) is 0 Å². The molecule has 2 aromatic rings. The van der Waals surface area contributed by atoms with Gasteiger partial charge in [0.15, 0.2) is 0 Å². The SMILES string of the molecule is CCCNc1c2c(nc3c(Cl)c(Cl)ccc13)CCOC2. The lowest BCUT2D eigenvalue weighted by Gasteiger charge is -2.22. The first-order chi connectivity index (χ1) is 9.72. The molecule has 0 fully saturated rings. The summed E-state index contributed by atoms with van der Waals surface area (Å²) in [6.07, 6.45) is 1.87. The molecule has 1 aromatic carbocycles. The Hall–Kier alpha value is -1.03. The molecule has 0 unspecified atom stereocenters. The van der Waals surface area contributed by atoms with Gasteiger partial charge in [0.2, 0.25) is 0 Å². The van der Waals surface area contributed by atoms with E-state index in [1.165, 1.54) is 0 Å². The number of fused-ring (bicyclic) bond motifs is 2. The van der Waals surface area contributed by atoms with E-state index >= 15 is 0 Å². The van der Waals surface area contributed by atoms with Crippen LogP contribution in [0.25, 0.3) is 10.9 Å². The Morgan fingerprint density at radius 1 is 1.35 bits per heavy atom. The first-order valence-corrected chi connectivity index (χ1v) is 7.59. The number of anilines is 1. The third-order valence-electron chi connectivity index (χ3n) is 3.52. The average Bonchev–Trinajstić information content (AvgIpc) is 2.48. The van der Waals surface area contributed by atoms with E-state index in [1.807, 2.05) is 12.1 Å². The van der Waals surface area contributed by atoms with Crippen molar-refractivity contribution in [2.45, 2.75) is 26.4 Å². The Kier molecular flexibility index (Phi) is 4.01. The molecule has 0 saturated carbocycles. The van der Waals surface area contributed by atoms with Gasteiger partial charge in [-0.25, -0.2) is 0 Å². The van der Waals surface area contributed by atoms with Gasteiger partial charge in [0.1, 0.15) is 0 Å². The molecular weight excluding hydrogens is 295 g/mol. The molecule has 2 heterocycles. The lowest BCUT2D eigenvalue weighted by atomic mass is 10.0. The quantitative estimate of drug-likeness (QED) is 0.910. The van der Waals surface area contributed by atoms with Crippen molar-refractivity contribution in [2.24, 2.45) is 0 Å². The molecule has 0 amide bonds. The van der Waals surface area contributed by atoms with Crippen LogP contribution < -0.4 is 5.32 Å². The van der Waals surface area contributed by atoms with E-state index in [0.29, 0.717) is 23.3 Å². The molecule has 1 aliphatic heterocycles. The predicted octanol–water partition coefficient (Wildman–Crippen LogP) is 4.44. The number of halogens is 2. The second-order valence-corrected chi connectivity index (χ2v) is 5.68. The minimum absolute atomic E-state index is 0.526. The topological polar surface area (TPSA) is 34.2 Å². The minimum atomic E-state index is 0.526. The van der Waals surface area contributed by atoms with Crippen molar-refractivity contribution in [2.75, 3.05) is 18.5 Å². The highest BCUT2D eigenvalue weighted by atomic mass is 35.5. The highest BCUT2D eigenvalue weighted by Crippen LogP contribution is 2.37. The average molecular weight is 311 g/mol. The van der Waals surface area contributed by atoms with Gasteiger partial charge >= 0.3 is 0 Å². The summed E-state index contributed by atoms with van der Waals surface area (Å²) in [4.78, 5) is 4.71. The van der Waals surface area contributed by atoms with Gasteiger partial charge in [-0.15, -0.1) is 0 Å². The van der Waals surface area contributed by atoms with Crippen LogP contribution in [0.15, 0.2) is 12.1 Å². The molecule has 1 N–H and O–H groups in total. The number of rotatable bonds is 3. The number of benzene rings is 1. The Morgan fingerprint density at radius 3 is 3.00 bits per heavy atom. The van der Waals surface area contributed by atoms with Crippen LogP contribution >= 0.6 is 23.2 Å². The van der Waals surface area contributed by atoms with Gasteiger partial charge in [0.05, 0.1) is 40.2 Å². The summed E-state index contributed by atoms with van der Waals surface area (Å²) >= 11 is 12.4. The van der Waals surface area contributed by atoms with Crippen LogP contribution in [0, 0.1) is 0 Å². The normalized spacial score (nSPS) is 14.3. The van der Waals surface area contributed by atoms with Crippen LogP contribution in [0.4, 0.5) is 5.69 Å². The second-order valence-electron chi connectivity index (χ2n) is 4.90. The van der Waals surface area contributed by atoms with Crippen LogP contribution in [0.3, 0.4) is 0 Å². The molecule has 106 valence electrons. The first kappa shape index (κ1) is 13.9. The fraction of sp³-hybridized carbons (Fsp3) is 0.400. The van der Waals surface area contributed by atoms with E-state index < -0.39 is 0 Å². The summed E-state index contributed by atoms with van der Waals surface area (Å²) in [5.74, 6) is 0. The van der Waals surface area contributed by atoms with Crippen molar-refractivity contribution in [3.05, 3.63) is 33.4 Å². The zero-order valence-corrected chi connectivity index (χ0v) is 12.8. The minimum Gasteiger partial charge on any atom is -0.384 e. The van der Waals surface area contributed by atoms with Crippen molar-refractivity contribution >= 4 is 39.8 Å². The van der Waals surface area contributed by atoms with Gasteiger partial charge in [-0.2, -0.15) is 0 Å². The Morgan fingerprint density at radius 2 is 2.20 bits per heavy atom. The summed E-state index contributed by atoms with van der Waals surface area (Å²) in [5, 5.41) is 5.57. The lowest BCUT2D eigenvalue weighted by molar-refractivity contribution is 0.110. The number of aromatic nitrogens is 1. The Balaban J connectivity index is 2.27. The van der Waals surface area contributed by atoms with E-state index in [2.05, 4.69) is 12.2 Å². The summed E-state index contributed by atoms with van der Waals surface area (Å²) in [7, 11) is 0. The van der Waals surface area contributed by atoms with E-state index in [0.717, 1.165) is 47.2 Å². The first-order valence-electron chi connectivity index (χ1n) is 6.83. The number of nitrogens with zero attached hydrogens (tertiary/aromatic N) is 1. The maximum absolute atomic E-state index is 6.32. The highest BCUT2D eigenvalue weighted by molar-refractivity contribution is 6.45. The third-order valence-corrected chi connectivity index (χ3v) is 4.31. The molecule has 1 aromatic heterocycles. The number of hydrogen-bond donors (Lipinski definition) is 1. The third kappa shape index (κ3) is 2.34. The van der Waals surface area contributed by atoms with E-state index in [9.17, 15) is 0 Å². The zero-order valence-electron chi connectivity index (χ0n) is 11.3. The molecule has 0 bridgehead atoms. The molecule has 1 aliphatic rings. The van der Waals surface area contributed by atoms with E-state index in [1.54, 1.807) is 0 Å². The van der Waals surface area contributed by atoms with Crippen LogP contribution in [0.1, 0.15) is 24.6 Å². The molecule has 20 heavy (non-hydrogen) atoms. The highest BCUT2D eigenvalue weighted by Gasteiger charge is 2.20. The maximum Gasteiger partial charge on any atom is 0.0927 e. The van der Waals surface area contributed by atoms with Gasteiger partial charge in [-0.3, -0.25) is 4.98 Å². The Bertz CT molecular complexity index is 658. The smallest absolute Gasteiger partial charge is 0.0927 e. The Labute approximate surface area is 128 Å². The van der Waals surface area contributed by atoms with Crippen LogP contribution in [-0.4, -0.2) is 18.1 Å². The van der Waals surface area contributed by atoms with Crippen molar-refractivity contribution in [3.63, 3.8) is 0 Å². The second kappa shape index (κ2) is 5.76. The van der Waals surface area contributed by atoms with Crippen molar-refractivity contribution in [3.8, 4) is 0 Å². The maximum atomic E-state index is 6.32. The summed E-state index contributed by atoms with van der Waals surface area (Å²) in [6.45, 7) is 4.36. The zero-order chi connectivity index (χ0) is 14.1. The monoisotopic (exact) mass is 310 g/mol. The summed E-state index contributed by atoms with van der Waals surface area (Å²) in [5.41, 5.74) is 4.07. The molecule has 3 nitrogen and oxygen atoms in total. The molecule has 3 rings (SSSR count). The van der Waals surface area contributed by atoms with Crippen molar-refractivity contribution in [1.82, 2.24) is 4.98 Å². The lowest BCUT2D eigenvalue weighted by Crippen LogP contribution is -2.16. The van der Waals surface area contributed by atoms with Gasteiger partial charge in [-0.05, 0) is 18.6 Å². The largest absolute Gasteiger partial charge is 0.384 e. The molecule has 0 saturated heterocycles. The molecule has 0 atom stereocenters. The standard InChI is InChI=1S/C15H16Cl2N2O/c1-2-6-18-14-9-3-4-11(16)13(17)15(9)19-12-5-7-20-8-10(12)14/h3-4H,2,5-8H2,1H3,(H,18,19). The molecule has 0 aliphatic carbocycles. The van der Waals surface area contributed by atoms with Crippen LogP contribution in [0.2, 0.25) is 10.0 Å². The number of hydrogen-bond acceptors (Lipinski definition) is 3. The van der Waals surface area contributed by atoms with Gasteiger partial charge in [0, 0.05) is 23.9 Å². The van der Waals surface area contributed by atoms with E-state index in [-0.39, 0.29) is 0 Å². The van der Waals surface area contributed by atoms with Gasteiger partial charge in [-0.1, -0.05) is 30.1 Å². The van der Waals surface area contributed by atoms with E-state index in [4.69, 9.17) is 32.9 Å². The van der Waals surface area contributed by atoms with Crippen LogP contribution in [-0.2, 0) is 17.8 Å². The fourth-order valence-electron chi connectivity index (χ4n) is 2.52. The summed E-state index contributed by atoms with van der Waals surface area (Å²) in [6, 6.07) is 3.80. The number of pyridine rings is 1.